The number of ether oxygens (including phenoxy) is 1. The molecule has 3 nitrogen and oxygen atoms in total. The SMILES string of the molecule is CCCCCCC(C)OC(=O)c1nccs1. The zero-order valence-electron chi connectivity index (χ0n) is 9.94. The fraction of sp³-hybridized carbons (Fsp3) is 0.667. The maximum Gasteiger partial charge on any atom is 0.367 e. The van der Waals surface area contributed by atoms with Crippen molar-refractivity contribution in [2.24, 2.45) is 0 Å². The van der Waals surface area contributed by atoms with Crippen LogP contribution in [0.2, 0.25) is 0 Å². The molecule has 0 amide bonds. The first-order chi connectivity index (χ1) is 7.74. The zero-order valence-corrected chi connectivity index (χ0v) is 10.8. The fourth-order valence-electron chi connectivity index (χ4n) is 1.47. The van der Waals surface area contributed by atoms with Gasteiger partial charge in [0.1, 0.15) is 0 Å². The van der Waals surface area contributed by atoms with E-state index in [0.29, 0.717) is 5.01 Å². The van der Waals surface area contributed by atoms with Crippen LogP contribution in [0.4, 0.5) is 0 Å². The Kier molecular flexibility index (Phi) is 6.08. The summed E-state index contributed by atoms with van der Waals surface area (Å²) in [7, 11) is 0. The fourth-order valence-corrected chi connectivity index (χ4v) is 1.99. The number of rotatable bonds is 7. The van der Waals surface area contributed by atoms with Crippen LogP contribution in [0.1, 0.15) is 55.8 Å². The third kappa shape index (κ3) is 4.75. The molecule has 0 radical (unpaired) electrons. The number of carbonyl (C=O) groups is 1. The highest BCUT2D eigenvalue weighted by atomic mass is 32.1. The molecule has 0 saturated heterocycles. The molecule has 90 valence electrons. The molecule has 16 heavy (non-hydrogen) atoms. The summed E-state index contributed by atoms with van der Waals surface area (Å²) < 4.78 is 5.28. The molecular formula is C12H19NO2S. The van der Waals surface area contributed by atoms with E-state index in [4.69, 9.17) is 4.74 Å². The molecule has 0 aliphatic heterocycles. The average molecular weight is 241 g/mol. The summed E-state index contributed by atoms with van der Waals surface area (Å²) in [6, 6.07) is 0. The van der Waals surface area contributed by atoms with Crippen molar-refractivity contribution in [3.05, 3.63) is 16.6 Å². The maximum atomic E-state index is 11.5. The van der Waals surface area contributed by atoms with E-state index in [2.05, 4.69) is 11.9 Å². The Labute approximate surface area is 101 Å². The molecule has 4 heteroatoms. The van der Waals surface area contributed by atoms with Crippen LogP contribution in [0, 0.1) is 0 Å². The summed E-state index contributed by atoms with van der Waals surface area (Å²) in [5.74, 6) is -0.294. The van der Waals surface area contributed by atoms with Crippen molar-refractivity contribution in [2.45, 2.75) is 52.1 Å². The first-order valence-corrected chi connectivity index (χ1v) is 6.72. The van der Waals surface area contributed by atoms with Gasteiger partial charge in [-0.25, -0.2) is 9.78 Å². The second kappa shape index (κ2) is 7.39. The predicted molar refractivity (Wildman–Crippen MR) is 65.8 cm³/mol. The number of aromatic nitrogens is 1. The average Bonchev–Trinajstić information content (AvgIpc) is 2.77. The molecule has 0 spiro atoms. The van der Waals surface area contributed by atoms with Crippen molar-refractivity contribution in [1.82, 2.24) is 4.98 Å². The van der Waals surface area contributed by atoms with Crippen LogP contribution in [-0.2, 0) is 4.74 Å². The van der Waals surface area contributed by atoms with Crippen molar-refractivity contribution in [3.63, 3.8) is 0 Å². The summed E-state index contributed by atoms with van der Waals surface area (Å²) in [4.78, 5) is 15.5. The van der Waals surface area contributed by atoms with E-state index in [-0.39, 0.29) is 12.1 Å². The van der Waals surface area contributed by atoms with Gasteiger partial charge in [0.25, 0.3) is 0 Å². The lowest BCUT2D eigenvalue weighted by molar-refractivity contribution is 0.0319. The lowest BCUT2D eigenvalue weighted by Gasteiger charge is -2.11. The van der Waals surface area contributed by atoms with Gasteiger partial charge in [0.2, 0.25) is 5.01 Å². The lowest BCUT2D eigenvalue weighted by Crippen LogP contribution is -2.14. The molecular weight excluding hydrogens is 222 g/mol. The van der Waals surface area contributed by atoms with E-state index in [0.717, 1.165) is 12.8 Å². The molecule has 0 aromatic carbocycles. The van der Waals surface area contributed by atoms with Crippen LogP contribution in [0.3, 0.4) is 0 Å². The van der Waals surface area contributed by atoms with Gasteiger partial charge < -0.3 is 4.74 Å². The Bertz CT molecular complexity index is 298. The van der Waals surface area contributed by atoms with Crippen LogP contribution in [0.5, 0.6) is 0 Å². The third-order valence-corrected chi connectivity index (χ3v) is 3.13. The summed E-state index contributed by atoms with van der Waals surface area (Å²) in [5, 5.41) is 2.23. The van der Waals surface area contributed by atoms with E-state index in [1.165, 1.54) is 30.6 Å². The summed E-state index contributed by atoms with van der Waals surface area (Å²) >= 11 is 1.32. The first kappa shape index (κ1) is 13.2. The van der Waals surface area contributed by atoms with Crippen LogP contribution in [-0.4, -0.2) is 17.1 Å². The minimum Gasteiger partial charge on any atom is -0.457 e. The van der Waals surface area contributed by atoms with Crippen LogP contribution < -0.4 is 0 Å². The molecule has 1 aromatic heterocycles. The Morgan fingerprint density at radius 1 is 1.50 bits per heavy atom. The summed E-state index contributed by atoms with van der Waals surface area (Å²) in [5.41, 5.74) is 0. The van der Waals surface area contributed by atoms with Gasteiger partial charge in [-0.1, -0.05) is 26.2 Å². The molecule has 0 bridgehead atoms. The minimum atomic E-state index is -0.294. The maximum absolute atomic E-state index is 11.5. The van der Waals surface area contributed by atoms with Crippen molar-refractivity contribution in [1.29, 1.82) is 0 Å². The Hall–Kier alpha value is -0.900. The van der Waals surface area contributed by atoms with Crippen LogP contribution in [0.25, 0.3) is 0 Å². The van der Waals surface area contributed by atoms with Gasteiger partial charge in [0.15, 0.2) is 0 Å². The van der Waals surface area contributed by atoms with Gasteiger partial charge >= 0.3 is 5.97 Å². The number of nitrogens with zero attached hydrogens (tertiary/aromatic N) is 1. The number of hydrogen-bond donors (Lipinski definition) is 0. The van der Waals surface area contributed by atoms with E-state index in [1.54, 1.807) is 11.6 Å². The van der Waals surface area contributed by atoms with Crippen molar-refractivity contribution in [3.8, 4) is 0 Å². The van der Waals surface area contributed by atoms with Gasteiger partial charge in [-0.15, -0.1) is 11.3 Å². The largest absolute Gasteiger partial charge is 0.457 e. The van der Waals surface area contributed by atoms with Gasteiger partial charge in [0, 0.05) is 11.6 Å². The predicted octanol–water partition coefficient (Wildman–Crippen LogP) is 3.66. The van der Waals surface area contributed by atoms with Gasteiger partial charge in [-0.05, 0) is 19.8 Å². The molecule has 1 aromatic rings. The van der Waals surface area contributed by atoms with Crippen molar-refractivity contribution < 1.29 is 9.53 Å². The summed E-state index contributed by atoms with van der Waals surface area (Å²) in [6.07, 6.45) is 7.38. The Morgan fingerprint density at radius 2 is 2.31 bits per heavy atom. The van der Waals surface area contributed by atoms with Gasteiger partial charge in [-0.2, -0.15) is 0 Å². The zero-order chi connectivity index (χ0) is 11.8. The molecule has 1 heterocycles. The highest BCUT2D eigenvalue weighted by molar-refractivity contribution is 7.11. The Morgan fingerprint density at radius 3 is 2.94 bits per heavy atom. The molecule has 0 aliphatic carbocycles. The van der Waals surface area contributed by atoms with Gasteiger partial charge in [0.05, 0.1) is 6.10 Å². The van der Waals surface area contributed by atoms with E-state index >= 15 is 0 Å². The summed E-state index contributed by atoms with van der Waals surface area (Å²) in [6.45, 7) is 4.13. The van der Waals surface area contributed by atoms with E-state index in [1.807, 2.05) is 6.92 Å². The van der Waals surface area contributed by atoms with Crippen LogP contribution in [0.15, 0.2) is 11.6 Å². The first-order valence-electron chi connectivity index (χ1n) is 5.84. The molecule has 0 fully saturated rings. The number of carbonyl (C=O) groups excluding carboxylic acids is 1. The van der Waals surface area contributed by atoms with Crippen molar-refractivity contribution in [2.75, 3.05) is 0 Å². The van der Waals surface area contributed by atoms with E-state index < -0.39 is 0 Å². The molecule has 1 atom stereocenters. The standard InChI is InChI=1S/C12H19NO2S/c1-3-4-5-6-7-10(2)15-12(14)11-13-8-9-16-11/h8-10H,3-7H2,1-2H3. The molecule has 0 aliphatic rings. The van der Waals surface area contributed by atoms with E-state index in [9.17, 15) is 4.79 Å². The number of unbranched alkanes of at least 4 members (excludes halogenated alkanes) is 3. The number of hydrogen-bond acceptors (Lipinski definition) is 4. The van der Waals surface area contributed by atoms with Crippen molar-refractivity contribution >= 4 is 17.3 Å². The number of thiazole rings is 1. The molecule has 0 saturated carbocycles. The third-order valence-electron chi connectivity index (χ3n) is 2.38. The minimum absolute atomic E-state index is 0.00624. The smallest absolute Gasteiger partial charge is 0.367 e. The molecule has 1 rings (SSSR count). The second-order valence-corrected chi connectivity index (χ2v) is 4.80. The second-order valence-electron chi connectivity index (χ2n) is 3.90. The molecule has 1 unspecified atom stereocenters. The highest BCUT2D eigenvalue weighted by Crippen LogP contribution is 2.11. The topological polar surface area (TPSA) is 39.2 Å². The monoisotopic (exact) mass is 241 g/mol. The normalized spacial score (nSPS) is 12.4. The lowest BCUT2D eigenvalue weighted by atomic mass is 10.1. The highest BCUT2D eigenvalue weighted by Gasteiger charge is 2.13. The van der Waals surface area contributed by atoms with Gasteiger partial charge in [-0.3, -0.25) is 0 Å². The van der Waals surface area contributed by atoms with Crippen LogP contribution >= 0.6 is 11.3 Å². The Balaban J connectivity index is 2.19. The molecule has 0 N–H and O–H groups in total. The number of esters is 1. The quantitative estimate of drug-likeness (QED) is 0.540.